The molecule has 0 saturated carbocycles. The summed E-state index contributed by atoms with van der Waals surface area (Å²) < 4.78 is 14.8. The highest BCUT2D eigenvalue weighted by molar-refractivity contribution is 5.93. The molecule has 2 aromatic carbocycles. The lowest BCUT2D eigenvalue weighted by Gasteiger charge is -2.09. The smallest absolute Gasteiger partial charge is 0.358 e. The van der Waals surface area contributed by atoms with Crippen molar-refractivity contribution >= 4 is 11.7 Å². The third kappa shape index (κ3) is 2.64. The van der Waals surface area contributed by atoms with Gasteiger partial charge >= 0.3 is 5.97 Å². The van der Waals surface area contributed by atoms with Gasteiger partial charge in [-0.15, -0.1) is 5.10 Å². The van der Waals surface area contributed by atoms with E-state index in [-0.39, 0.29) is 11.4 Å². The van der Waals surface area contributed by atoms with Crippen LogP contribution in [0.15, 0.2) is 42.5 Å². The third-order valence-electron chi connectivity index (χ3n) is 3.48. The predicted octanol–water partition coefficient (Wildman–Crippen LogP) is 2.66. The van der Waals surface area contributed by atoms with Crippen molar-refractivity contribution in [3.05, 3.63) is 59.5 Å². The highest BCUT2D eigenvalue weighted by Crippen LogP contribution is 2.28. The van der Waals surface area contributed by atoms with E-state index < -0.39 is 11.8 Å². The van der Waals surface area contributed by atoms with Crippen molar-refractivity contribution in [1.29, 1.82) is 0 Å². The number of nitrogens with zero attached hydrogens (tertiary/aromatic N) is 3. The molecule has 0 atom stereocenters. The minimum atomic E-state index is -1.22. The minimum absolute atomic E-state index is 0.225. The van der Waals surface area contributed by atoms with E-state index in [1.165, 1.54) is 22.9 Å². The van der Waals surface area contributed by atoms with Gasteiger partial charge in [0, 0.05) is 11.3 Å². The lowest BCUT2D eigenvalue weighted by atomic mass is 10.1. The zero-order chi connectivity index (χ0) is 16.6. The van der Waals surface area contributed by atoms with Crippen LogP contribution in [0.1, 0.15) is 16.1 Å². The Kier molecular flexibility index (Phi) is 3.53. The van der Waals surface area contributed by atoms with Crippen LogP contribution >= 0.6 is 0 Å². The van der Waals surface area contributed by atoms with Crippen molar-refractivity contribution in [2.75, 3.05) is 5.73 Å². The highest BCUT2D eigenvalue weighted by atomic mass is 19.1. The van der Waals surface area contributed by atoms with Gasteiger partial charge in [0.2, 0.25) is 0 Å². The van der Waals surface area contributed by atoms with Crippen molar-refractivity contribution in [2.24, 2.45) is 0 Å². The van der Waals surface area contributed by atoms with Gasteiger partial charge in [0.25, 0.3) is 0 Å². The molecule has 0 aliphatic rings. The third-order valence-corrected chi connectivity index (χ3v) is 3.48. The van der Waals surface area contributed by atoms with Crippen molar-refractivity contribution < 1.29 is 14.3 Å². The highest BCUT2D eigenvalue weighted by Gasteiger charge is 2.22. The van der Waals surface area contributed by atoms with E-state index in [1.54, 1.807) is 24.3 Å². The van der Waals surface area contributed by atoms with Crippen LogP contribution in [0.3, 0.4) is 0 Å². The van der Waals surface area contributed by atoms with Gasteiger partial charge in [-0.05, 0) is 36.8 Å². The Labute approximate surface area is 131 Å². The molecule has 0 unspecified atom stereocenters. The summed E-state index contributed by atoms with van der Waals surface area (Å²) in [6, 6.07) is 10.8. The molecular formula is C16H13FN4O2. The number of aromatic carboxylic acids is 1. The molecule has 0 aliphatic carbocycles. The number of aryl methyl sites for hydroxylation is 1. The summed E-state index contributed by atoms with van der Waals surface area (Å²) in [6.07, 6.45) is 0. The summed E-state index contributed by atoms with van der Waals surface area (Å²) in [5.74, 6) is -1.67. The Balaban J connectivity index is 2.26. The van der Waals surface area contributed by atoms with Gasteiger partial charge in [0.05, 0.1) is 5.69 Å². The fourth-order valence-electron chi connectivity index (χ4n) is 2.26. The fraction of sp³-hybridized carbons (Fsp3) is 0.0625. The van der Waals surface area contributed by atoms with Gasteiger partial charge in [0.1, 0.15) is 11.5 Å². The van der Waals surface area contributed by atoms with E-state index in [0.29, 0.717) is 16.9 Å². The normalized spacial score (nSPS) is 10.7. The molecule has 1 heterocycles. The second kappa shape index (κ2) is 5.53. The second-order valence-electron chi connectivity index (χ2n) is 5.05. The zero-order valence-corrected chi connectivity index (χ0v) is 12.2. The number of carbonyl (C=O) groups is 1. The number of benzene rings is 2. The van der Waals surface area contributed by atoms with Gasteiger partial charge in [-0.2, -0.15) is 0 Å². The molecule has 0 amide bonds. The Hall–Kier alpha value is -3.22. The average molecular weight is 312 g/mol. The molecule has 0 spiro atoms. The summed E-state index contributed by atoms with van der Waals surface area (Å²) >= 11 is 0. The van der Waals surface area contributed by atoms with E-state index in [4.69, 9.17) is 5.73 Å². The van der Waals surface area contributed by atoms with Crippen molar-refractivity contribution in [3.63, 3.8) is 0 Å². The number of rotatable bonds is 3. The molecule has 7 heteroatoms. The van der Waals surface area contributed by atoms with E-state index in [1.807, 2.05) is 6.92 Å². The summed E-state index contributed by atoms with van der Waals surface area (Å²) in [4.78, 5) is 11.4. The summed E-state index contributed by atoms with van der Waals surface area (Å²) in [5.41, 5.74) is 8.23. The summed E-state index contributed by atoms with van der Waals surface area (Å²) in [7, 11) is 0. The predicted molar refractivity (Wildman–Crippen MR) is 82.9 cm³/mol. The Morgan fingerprint density at radius 2 is 2.04 bits per heavy atom. The number of carboxylic acid groups (broad SMARTS) is 1. The number of hydrogen-bond acceptors (Lipinski definition) is 4. The van der Waals surface area contributed by atoms with Gasteiger partial charge in [-0.3, -0.25) is 0 Å². The maximum atomic E-state index is 13.5. The number of anilines is 1. The molecule has 0 bridgehead atoms. The SMILES string of the molecule is Cc1ccc(-c2c(C(=O)O)nnn2-c2cccc(F)c2)cc1N. The number of carboxylic acids is 1. The average Bonchev–Trinajstić information content (AvgIpc) is 2.95. The van der Waals surface area contributed by atoms with Crippen LogP contribution in [0.5, 0.6) is 0 Å². The van der Waals surface area contributed by atoms with E-state index in [0.717, 1.165) is 5.56 Å². The lowest BCUT2D eigenvalue weighted by Crippen LogP contribution is -2.04. The maximum absolute atomic E-state index is 13.5. The van der Waals surface area contributed by atoms with Crippen LogP contribution in [-0.4, -0.2) is 26.1 Å². The van der Waals surface area contributed by atoms with Crippen LogP contribution in [0, 0.1) is 12.7 Å². The van der Waals surface area contributed by atoms with Crippen molar-refractivity contribution in [3.8, 4) is 16.9 Å². The fourth-order valence-corrected chi connectivity index (χ4v) is 2.26. The first-order chi connectivity index (χ1) is 11.0. The molecule has 3 aromatic rings. The zero-order valence-electron chi connectivity index (χ0n) is 12.2. The molecule has 23 heavy (non-hydrogen) atoms. The second-order valence-corrected chi connectivity index (χ2v) is 5.05. The maximum Gasteiger partial charge on any atom is 0.358 e. The van der Waals surface area contributed by atoms with Gasteiger partial charge in [0.15, 0.2) is 5.69 Å². The first kappa shape index (κ1) is 14.7. The molecule has 0 radical (unpaired) electrons. The quantitative estimate of drug-likeness (QED) is 0.725. The molecule has 6 nitrogen and oxygen atoms in total. The molecule has 1 aromatic heterocycles. The summed E-state index contributed by atoms with van der Waals surface area (Å²) in [6.45, 7) is 1.85. The number of halogens is 1. The molecule has 3 rings (SSSR count). The molecule has 0 saturated heterocycles. The Bertz CT molecular complexity index is 905. The Morgan fingerprint density at radius 1 is 1.26 bits per heavy atom. The minimum Gasteiger partial charge on any atom is -0.476 e. The first-order valence-corrected chi connectivity index (χ1v) is 6.79. The molecular weight excluding hydrogens is 299 g/mol. The van der Waals surface area contributed by atoms with Gasteiger partial charge < -0.3 is 10.8 Å². The van der Waals surface area contributed by atoms with Gasteiger partial charge in [-0.25, -0.2) is 13.9 Å². The monoisotopic (exact) mass is 312 g/mol. The number of nitrogen functional groups attached to an aromatic ring is 1. The molecule has 0 fully saturated rings. The van der Waals surface area contributed by atoms with Crippen LogP contribution in [-0.2, 0) is 0 Å². The van der Waals surface area contributed by atoms with E-state index >= 15 is 0 Å². The van der Waals surface area contributed by atoms with Crippen molar-refractivity contribution in [2.45, 2.75) is 6.92 Å². The standard InChI is InChI=1S/C16H13FN4O2/c1-9-5-6-10(7-13(9)18)15-14(16(22)23)19-20-21(15)12-4-2-3-11(17)8-12/h2-8H,18H2,1H3,(H,22,23). The molecule has 116 valence electrons. The van der Waals surface area contributed by atoms with Gasteiger partial charge in [-0.1, -0.05) is 23.4 Å². The van der Waals surface area contributed by atoms with Crippen LogP contribution in [0.25, 0.3) is 16.9 Å². The molecule has 3 N–H and O–H groups in total. The summed E-state index contributed by atoms with van der Waals surface area (Å²) in [5, 5.41) is 16.9. The van der Waals surface area contributed by atoms with E-state index in [9.17, 15) is 14.3 Å². The van der Waals surface area contributed by atoms with E-state index in [2.05, 4.69) is 10.3 Å². The lowest BCUT2D eigenvalue weighted by molar-refractivity contribution is 0.0691. The van der Waals surface area contributed by atoms with Crippen LogP contribution < -0.4 is 5.73 Å². The van der Waals surface area contributed by atoms with Crippen molar-refractivity contribution in [1.82, 2.24) is 15.0 Å². The van der Waals surface area contributed by atoms with Crippen LogP contribution in [0.2, 0.25) is 0 Å². The first-order valence-electron chi connectivity index (χ1n) is 6.79. The molecule has 0 aliphatic heterocycles. The largest absolute Gasteiger partial charge is 0.476 e. The topological polar surface area (TPSA) is 94.0 Å². The van der Waals surface area contributed by atoms with Crippen LogP contribution in [0.4, 0.5) is 10.1 Å². The number of nitrogens with two attached hydrogens (primary N) is 1. The Morgan fingerprint density at radius 3 is 2.70 bits per heavy atom. The number of aromatic nitrogens is 3. The number of hydrogen-bond donors (Lipinski definition) is 2.